The molecule has 0 aliphatic rings. The molecule has 112 valence electrons. The quantitative estimate of drug-likeness (QED) is 0.692. The first-order valence-electron chi connectivity index (χ1n) is 5.55. The first kappa shape index (κ1) is 16.1. The van der Waals surface area contributed by atoms with Crippen LogP contribution in [-0.2, 0) is 16.6 Å². The highest BCUT2D eigenvalue weighted by Crippen LogP contribution is 2.21. The van der Waals surface area contributed by atoms with Crippen molar-refractivity contribution in [1.82, 2.24) is 9.71 Å². The molecule has 6 nitrogen and oxygen atoms in total. The van der Waals surface area contributed by atoms with Crippen molar-refractivity contribution in [2.45, 2.75) is 11.4 Å². The van der Waals surface area contributed by atoms with Crippen molar-refractivity contribution < 1.29 is 8.42 Å². The Morgan fingerprint density at radius 3 is 2.71 bits per heavy atom. The van der Waals surface area contributed by atoms with Gasteiger partial charge in [-0.15, -0.1) is 0 Å². The molecule has 2 aromatic rings. The molecule has 21 heavy (non-hydrogen) atoms. The zero-order chi connectivity index (χ0) is 15.6. The number of hydrogen-bond donors (Lipinski definition) is 3. The van der Waals surface area contributed by atoms with E-state index >= 15 is 0 Å². The van der Waals surface area contributed by atoms with Gasteiger partial charge in [0.15, 0.2) is 0 Å². The average Bonchev–Trinajstić information content (AvgIpc) is 2.82. The van der Waals surface area contributed by atoms with Gasteiger partial charge in [0.05, 0.1) is 16.5 Å². The van der Waals surface area contributed by atoms with E-state index in [2.05, 4.69) is 9.71 Å². The third kappa shape index (κ3) is 3.89. The van der Waals surface area contributed by atoms with E-state index in [0.717, 1.165) is 11.3 Å². The maximum Gasteiger partial charge on any atom is 0.304 e. The van der Waals surface area contributed by atoms with Crippen LogP contribution in [0.4, 0.5) is 0 Å². The first-order valence-corrected chi connectivity index (χ1v) is 8.70. The van der Waals surface area contributed by atoms with Gasteiger partial charge in [0.2, 0.25) is 10.0 Å². The Morgan fingerprint density at radius 1 is 1.48 bits per heavy atom. The fourth-order valence-electron chi connectivity index (χ4n) is 1.52. The highest BCUT2D eigenvalue weighted by molar-refractivity contribution is 7.89. The number of H-pyrrole nitrogens is 1. The van der Waals surface area contributed by atoms with Crippen molar-refractivity contribution in [3.63, 3.8) is 0 Å². The van der Waals surface area contributed by atoms with Crippen LogP contribution >= 0.6 is 35.2 Å². The van der Waals surface area contributed by atoms with E-state index in [-0.39, 0.29) is 26.3 Å². The molecule has 0 atom stereocenters. The van der Waals surface area contributed by atoms with Crippen LogP contribution in [0.5, 0.6) is 0 Å². The van der Waals surface area contributed by atoms with E-state index in [1.807, 2.05) is 0 Å². The van der Waals surface area contributed by atoms with E-state index in [4.69, 9.17) is 29.6 Å². The highest BCUT2D eigenvalue weighted by atomic mass is 35.5. The molecule has 4 N–H and O–H groups in total. The molecule has 2 rings (SSSR count). The Balaban J connectivity index is 2.21. The summed E-state index contributed by atoms with van der Waals surface area (Å²) < 4.78 is 26.6. The third-order valence-electron chi connectivity index (χ3n) is 2.54. The van der Waals surface area contributed by atoms with Crippen molar-refractivity contribution in [3.05, 3.63) is 49.5 Å². The van der Waals surface area contributed by atoms with Crippen LogP contribution in [0.15, 0.2) is 33.3 Å². The van der Waals surface area contributed by atoms with Crippen LogP contribution < -0.4 is 15.3 Å². The fourth-order valence-corrected chi connectivity index (χ4v) is 3.71. The second-order valence-corrected chi connectivity index (χ2v) is 7.46. The van der Waals surface area contributed by atoms with Crippen molar-refractivity contribution in [2.24, 2.45) is 5.73 Å². The molecule has 0 saturated carbocycles. The van der Waals surface area contributed by atoms with Crippen LogP contribution in [0.1, 0.15) is 11.3 Å². The number of nitrogens with two attached hydrogens (primary N) is 1. The molecule has 0 spiro atoms. The second kappa shape index (κ2) is 6.24. The van der Waals surface area contributed by atoms with Crippen LogP contribution in [-0.4, -0.2) is 18.4 Å². The summed E-state index contributed by atoms with van der Waals surface area (Å²) in [6, 6.07) is 4.08. The number of benzene rings is 1. The summed E-state index contributed by atoms with van der Waals surface area (Å²) in [4.78, 5) is 13.3. The predicted molar refractivity (Wildman–Crippen MR) is 86.3 cm³/mol. The molecule has 0 aliphatic heterocycles. The van der Waals surface area contributed by atoms with Gasteiger partial charge in [-0.1, -0.05) is 35.2 Å². The van der Waals surface area contributed by atoms with Crippen LogP contribution in [0.25, 0.3) is 0 Å². The molecular formula is C11H10ClN3O3S3. The van der Waals surface area contributed by atoms with Gasteiger partial charge in [-0.2, -0.15) is 0 Å². The lowest BCUT2D eigenvalue weighted by Gasteiger charge is -2.08. The number of rotatable bonds is 5. The lowest BCUT2D eigenvalue weighted by molar-refractivity contribution is 0.580. The SMILES string of the molecule is NC(=S)c1ccc(S(=O)(=O)NCc2csc(=O)[nH]2)cc1Cl. The molecule has 1 heterocycles. The maximum atomic E-state index is 12.1. The van der Waals surface area contributed by atoms with Crippen LogP contribution in [0.3, 0.4) is 0 Å². The molecule has 0 unspecified atom stereocenters. The summed E-state index contributed by atoms with van der Waals surface area (Å²) in [5, 5.41) is 1.71. The zero-order valence-corrected chi connectivity index (χ0v) is 13.6. The van der Waals surface area contributed by atoms with Gasteiger partial charge in [-0.05, 0) is 18.2 Å². The van der Waals surface area contributed by atoms with Crippen molar-refractivity contribution in [1.29, 1.82) is 0 Å². The molecule has 0 saturated heterocycles. The molecule has 0 amide bonds. The Hall–Kier alpha value is -1.26. The highest BCUT2D eigenvalue weighted by Gasteiger charge is 2.16. The summed E-state index contributed by atoms with van der Waals surface area (Å²) in [6.07, 6.45) is 0. The normalized spacial score (nSPS) is 11.5. The second-order valence-electron chi connectivity index (χ2n) is 4.00. The topological polar surface area (TPSA) is 105 Å². The van der Waals surface area contributed by atoms with E-state index < -0.39 is 10.0 Å². The van der Waals surface area contributed by atoms with Gasteiger partial charge in [0, 0.05) is 16.6 Å². The van der Waals surface area contributed by atoms with Gasteiger partial charge in [0.25, 0.3) is 0 Å². The summed E-state index contributed by atoms with van der Waals surface area (Å²) in [5.74, 6) is 0. The van der Waals surface area contributed by atoms with E-state index in [9.17, 15) is 13.2 Å². The Kier molecular flexibility index (Phi) is 4.79. The molecule has 1 aromatic carbocycles. The lowest BCUT2D eigenvalue weighted by Crippen LogP contribution is -2.24. The standard InChI is InChI=1S/C11H10ClN3O3S3/c12-9-3-7(1-2-8(9)10(13)19)21(17,18)14-4-6-5-20-11(16)15-6/h1-3,5,14H,4H2,(H2,13,19)(H,15,16). The van der Waals surface area contributed by atoms with E-state index in [1.165, 1.54) is 18.2 Å². The average molecular weight is 364 g/mol. The number of aromatic nitrogens is 1. The van der Waals surface area contributed by atoms with Gasteiger partial charge >= 0.3 is 4.87 Å². The van der Waals surface area contributed by atoms with Crippen LogP contribution in [0.2, 0.25) is 5.02 Å². The largest absolute Gasteiger partial charge is 0.389 e. The van der Waals surface area contributed by atoms with Gasteiger partial charge < -0.3 is 10.7 Å². The number of halogens is 1. The smallest absolute Gasteiger partial charge is 0.304 e. The fraction of sp³-hybridized carbons (Fsp3) is 0.0909. The number of thiazole rings is 1. The zero-order valence-electron chi connectivity index (χ0n) is 10.4. The minimum atomic E-state index is -3.75. The van der Waals surface area contributed by atoms with Gasteiger partial charge in [0.1, 0.15) is 4.99 Å². The number of hydrogen-bond acceptors (Lipinski definition) is 5. The summed E-state index contributed by atoms with van der Waals surface area (Å²) in [7, 11) is -3.75. The summed E-state index contributed by atoms with van der Waals surface area (Å²) in [5.41, 5.74) is 6.36. The number of thiocarbonyl (C=S) groups is 1. The van der Waals surface area contributed by atoms with E-state index in [1.54, 1.807) is 5.38 Å². The van der Waals surface area contributed by atoms with Crippen molar-refractivity contribution >= 4 is 50.2 Å². The summed E-state index contributed by atoms with van der Waals surface area (Å²) in [6.45, 7) is -0.0181. The minimum absolute atomic E-state index is 0.00919. The molecular weight excluding hydrogens is 354 g/mol. The minimum Gasteiger partial charge on any atom is -0.389 e. The Morgan fingerprint density at radius 2 is 2.19 bits per heavy atom. The van der Waals surface area contributed by atoms with Crippen molar-refractivity contribution in [3.8, 4) is 0 Å². The predicted octanol–water partition coefficient (Wildman–Crippen LogP) is 1.20. The Labute approximate surface area is 135 Å². The van der Waals surface area contributed by atoms with Crippen LogP contribution in [0, 0.1) is 0 Å². The molecule has 0 bridgehead atoms. The lowest BCUT2D eigenvalue weighted by atomic mass is 10.2. The Bertz CT molecular complexity index is 842. The summed E-state index contributed by atoms with van der Waals surface area (Å²) >= 11 is 11.7. The monoisotopic (exact) mass is 363 g/mol. The number of sulfonamides is 1. The molecule has 0 radical (unpaired) electrons. The first-order chi connectivity index (χ1) is 9.79. The third-order valence-corrected chi connectivity index (χ3v) is 5.19. The number of nitrogens with one attached hydrogen (secondary N) is 2. The maximum absolute atomic E-state index is 12.1. The van der Waals surface area contributed by atoms with Gasteiger partial charge in [-0.3, -0.25) is 4.79 Å². The number of aromatic amines is 1. The van der Waals surface area contributed by atoms with E-state index in [0.29, 0.717) is 11.3 Å². The molecule has 0 fully saturated rings. The molecule has 10 heteroatoms. The van der Waals surface area contributed by atoms with Gasteiger partial charge in [-0.25, -0.2) is 13.1 Å². The molecule has 0 aliphatic carbocycles. The molecule has 1 aromatic heterocycles. The van der Waals surface area contributed by atoms with Crippen molar-refractivity contribution in [2.75, 3.05) is 0 Å².